The van der Waals surface area contributed by atoms with Crippen molar-refractivity contribution in [3.63, 3.8) is 0 Å². The maximum absolute atomic E-state index is 5.04. The number of para-hydroxylation sites is 2. The molecular weight excluding hydrogens is 544 g/mol. The van der Waals surface area contributed by atoms with Crippen molar-refractivity contribution in [3.8, 4) is 39.3 Å². The van der Waals surface area contributed by atoms with Crippen LogP contribution in [0.4, 0.5) is 0 Å². The van der Waals surface area contributed by atoms with Crippen molar-refractivity contribution < 1.29 is 0 Å². The van der Waals surface area contributed by atoms with Crippen molar-refractivity contribution in [1.29, 1.82) is 0 Å². The Morgan fingerprint density at radius 3 is 1.64 bits per heavy atom. The topological polar surface area (TPSA) is 17.8 Å². The average molecular weight is 573 g/mol. The van der Waals surface area contributed by atoms with E-state index in [0.29, 0.717) is 0 Å². The summed E-state index contributed by atoms with van der Waals surface area (Å²) >= 11 is 0. The lowest BCUT2D eigenvalue weighted by molar-refractivity contribution is 1.10. The molecule has 0 bridgehead atoms. The minimum absolute atomic E-state index is 0.944. The second-order valence-electron chi connectivity index (χ2n) is 11.5. The molecule has 0 unspecified atom stereocenters. The Kier molecular flexibility index (Phi) is 5.85. The highest BCUT2D eigenvalue weighted by Gasteiger charge is 2.19. The zero-order valence-corrected chi connectivity index (χ0v) is 24.6. The lowest BCUT2D eigenvalue weighted by Gasteiger charge is -2.19. The molecule has 0 N–H and O–H groups in total. The first-order chi connectivity index (χ1) is 22.3. The zero-order valence-electron chi connectivity index (χ0n) is 24.6. The minimum atomic E-state index is 0.944. The maximum Gasteiger partial charge on any atom is 0.145 e. The molecule has 1 aromatic heterocycles. The standard InChI is InChI=1S/C43H28N2/c1-2-14-31(15-3-1)43-44-39-23-10-11-24-40(39)45(43)32-27-25-30(26-28-32)41-35-18-6-8-20-37(35)42(38-21-9-7-19-36(38)41)34-22-12-16-29-13-4-5-17-33(29)34/h1-28H. The van der Waals surface area contributed by atoms with Crippen molar-refractivity contribution in [2.45, 2.75) is 0 Å². The molecule has 0 spiro atoms. The Bertz CT molecular complexity index is 2460. The van der Waals surface area contributed by atoms with Gasteiger partial charge in [-0.15, -0.1) is 0 Å². The van der Waals surface area contributed by atoms with Gasteiger partial charge >= 0.3 is 0 Å². The smallest absolute Gasteiger partial charge is 0.145 e. The van der Waals surface area contributed by atoms with Gasteiger partial charge in [-0.1, -0.05) is 146 Å². The van der Waals surface area contributed by atoms with Crippen molar-refractivity contribution in [1.82, 2.24) is 9.55 Å². The van der Waals surface area contributed by atoms with Crippen LogP contribution in [0.1, 0.15) is 0 Å². The van der Waals surface area contributed by atoms with Crippen LogP contribution in [0.3, 0.4) is 0 Å². The fourth-order valence-corrected chi connectivity index (χ4v) is 7.02. The Labute approximate surface area is 261 Å². The number of nitrogens with zero attached hydrogens (tertiary/aromatic N) is 2. The molecule has 210 valence electrons. The lowest BCUT2D eigenvalue weighted by Crippen LogP contribution is -1.98. The highest BCUT2D eigenvalue weighted by molar-refractivity contribution is 6.23. The van der Waals surface area contributed by atoms with E-state index in [4.69, 9.17) is 4.98 Å². The predicted octanol–water partition coefficient (Wildman–Crippen LogP) is 11.5. The Balaban J connectivity index is 1.28. The van der Waals surface area contributed by atoms with Gasteiger partial charge < -0.3 is 0 Å². The molecule has 45 heavy (non-hydrogen) atoms. The molecule has 0 aliphatic rings. The fraction of sp³-hybridized carbons (Fsp3) is 0. The van der Waals surface area contributed by atoms with Gasteiger partial charge in [0, 0.05) is 11.3 Å². The SMILES string of the molecule is c1ccc(-c2nc3ccccc3n2-c2ccc(-c3c4ccccc4c(-c4cccc5ccccc45)c4ccccc34)cc2)cc1. The first kappa shape index (κ1) is 25.5. The molecule has 0 amide bonds. The summed E-state index contributed by atoms with van der Waals surface area (Å²) in [6.07, 6.45) is 0. The van der Waals surface area contributed by atoms with E-state index in [2.05, 4.69) is 168 Å². The number of aromatic nitrogens is 2. The van der Waals surface area contributed by atoms with Crippen LogP contribution < -0.4 is 0 Å². The molecule has 0 atom stereocenters. The molecule has 0 aliphatic carbocycles. The van der Waals surface area contributed by atoms with E-state index in [1.165, 1.54) is 54.6 Å². The highest BCUT2D eigenvalue weighted by atomic mass is 15.1. The van der Waals surface area contributed by atoms with E-state index in [-0.39, 0.29) is 0 Å². The fourth-order valence-electron chi connectivity index (χ4n) is 7.02. The highest BCUT2D eigenvalue weighted by Crippen LogP contribution is 2.45. The van der Waals surface area contributed by atoms with Gasteiger partial charge in [0.2, 0.25) is 0 Å². The van der Waals surface area contributed by atoms with Gasteiger partial charge in [-0.05, 0) is 78.8 Å². The van der Waals surface area contributed by atoms with Crippen molar-refractivity contribution in [3.05, 3.63) is 170 Å². The van der Waals surface area contributed by atoms with Gasteiger partial charge in [0.05, 0.1) is 11.0 Å². The van der Waals surface area contributed by atoms with E-state index in [9.17, 15) is 0 Å². The van der Waals surface area contributed by atoms with E-state index in [1.54, 1.807) is 0 Å². The summed E-state index contributed by atoms with van der Waals surface area (Å²) in [5.41, 5.74) is 9.28. The van der Waals surface area contributed by atoms with Crippen LogP contribution >= 0.6 is 0 Å². The van der Waals surface area contributed by atoms with Crippen LogP contribution in [-0.4, -0.2) is 9.55 Å². The number of benzene rings is 8. The number of fused-ring (bicyclic) bond motifs is 4. The number of rotatable bonds is 4. The summed E-state index contributed by atoms with van der Waals surface area (Å²) in [5, 5.41) is 7.56. The Hall–Kier alpha value is -5.99. The molecule has 0 radical (unpaired) electrons. The Morgan fingerprint density at radius 1 is 0.378 bits per heavy atom. The van der Waals surface area contributed by atoms with Crippen LogP contribution in [0.2, 0.25) is 0 Å². The van der Waals surface area contributed by atoms with Crippen molar-refractivity contribution in [2.24, 2.45) is 0 Å². The molecule has 8 aromatic carbocycles. The van der Waals surface area contributed by atoms with Crippen molar-refractivity contribution >= 4 is 43.4 Å². The first-order valence-electron chi connectivity index (χ1n) is 15.4. The summed E-state index contributed by atoms with van der Waals surface area (Å²) in [6, 6.07) is 60.9. The maximum atomic E-state index is 5.04. The molecular formula is C43H28N2. The molecule has 1 heterocycles. The number of imidazole rings is 1. The van der Waals surface area contributed by atoms with Crippen LogP contribution in [0.15, 0.2) is 170 Å². The van der Waals surface area contributed by atoms with Crippen LogP contribution in [0, 0.1) is 0 Å². The molecule has 2 nitrogen and oxygen atoms in total. The van der Waals surface area contributed by atoms with Gasteiger partial charge in [0.25, 0.3) is 0 Å². The minimum Gasteiger partial charge on any atom is -0.292 e. The zero-order chi connectivity index (χ0) is 29.7. The quantitative estimate of drug-likeness (QED) is 0.192. The van der Waals surface area contributed by atoms with Crippen molar-refractivity contribution in [2.75, 3.05) is 0 Å². The van der Waals surface area contributed by atoms with E-state index >= 15 is 0 Å². The second-order valence-corrected chi connectivity index (χ2v) is 11.5. The predicted molar refractivity (Wildman–Crippen MR) is 190 cm³/mol. The summed E-state index contributed by atoms with van der Waals surface area (Å²) in [5.74, 6) is 0.944. The normalized spacial score (nSPS) is 11.6. The third-order valence-corrected chi connectivity index (χ3v) is 9.00. The number of hydrogen-bond acceptors (Lipinski definition) is 1. The van der Waals surface area contributed by atoms with Gasteiger partial charge in [0.1, 0.15) is 5.82 Å². The van der Waals surface area contributed by atoms with Crippen LogP contribution in [-0.2, 0) is 0 Å². The summed E-state index contributed by atoms with van der Waals surface area (Å²) in [4.78, 5) is 5.04. The van der Waals surface area contributed by atoms with Gasteiger partial charge in [0.15, 0.2) is 0 Å². The number of hydrogen-bond donors (Lipinski definition) is 0. The monoisotopic (exact) mass is 572 g/mol. The molecule has 0 saturated carbocycles. The third kappa shape index (κ3) is 4.07. The van der Waals surface area contributed by atoms with E-state index in [1.807, 2.05) is 6.07 Å². The first-order valence-corrected chi connectivity index (χ1v) is 15.4. The van der Waals surface area contributed by atoms with E-state index < -0.39 is 0 Å². The second kappa shape index (κ2) is 10.3. The van der Waals surface area contributed by atoms with Crippen LogP contribution in [0.25, 0.3) is 82.7 Å². The van der Waals surface area contributed by atoms with Crippen LogP contribution in [0.5, 0.6) is 0 Å². The summed E-state index contributed by atoms with van der Waals surface area (Å²) < 4.78 is 2.27. The largest absolute Gasteiger partial charge is 0.292 e. The average Bonchev–Trinajstić information content (AvgIpc) is 3.51. The molecule has 2 heteroatoms. The van der Waals surface area contributed by atoms with Gasteiger partial charge in [-0.25, -0.2) is 4.98 Å². The van der Waals surface area contributed by atoms with Gasteiger partial charge in [-0.2, -0.15) is 0 Å². The Morgan fingerprint density at radius 2 is 0.933 bits per heavy atom. The molecule has 9 rings (SSSR count). The molecule has 0 fully saturated rings. The molecule has 0 saturated heterocycles. The summed E-state index contributed by atoms with van der Waals surface area (Å²) in [7, 11) is 0. The lowest BCUT2D eigenvalue weighted by atomic mass is 9.85. The third-order valence-electron chi connectivity index (χ3n) is 9.00. The summed E-state index contributed by atoms with van der Waals surface area (Å²) in [6.45, 7) is 0. The van der Waals surface area contributed by atoms with Gasteiger partial charge in [-0.3, -0.25) is 4.57 Å². The molecule has 9 aromatic rings. The van der Waals surface area contributed by atoms with E-state index in [0.717, 1.165) is 28.1 Å². The molecule has 0 aliphatic heterocycles.